The molecule has 2 heterocycles. The normalized spacial score (nSPS) is 13.2. The number of benzene rings is 2. The van der Waals surface area contributed by atoms with Gasteiger partial charge in [-0.3, -0.25) is 9.89 Å². The van der Waals surface area contributed by atoms with Crippen LogP contribution in [0.4, 0.5) is 4.39 Å². The summed E-state index contributed by atoms with van der Waals surface area (Å²) in [5, 5.41) is 7.37. The number of hydrogen-bond acceptors (Lipinski definition) is 2. The zero-order valence-electron chi connectivity index (χ0n) is 14.0. The van der Waals surface area contributed by atoms with E-state index in [1.54, 1.807) is 35.2 Å². The fourth-order valence-electron chi connectivity index (χ4n) is 3.27. The van der Waals surface area contributed by atoms with E-state index in [-0.39, 0.29) is 11.7 Å². The van der Waals surface area contributed by atoms with Crippen LogP contribution in [0.25, 0.3) is 11.3 Å². The largest absolute Gasteiger partial charge is 0.334 e. The molecule has 0 spiro atoms. The first-order valence-electron chi connectivity index (χ1n) is 8.33. The molecule has 0 aliphatic carbocycles. The molecule has 0 saturated heterocycles. The maximum absolute atomic E-state index is 13.6. The van der Waals surface area contributed by atoms with E-state index in [0.29, 0.717) is 41.9 Å². The van der Waals surface area contributed by atoms with Crippen LogP contribution in [-0.2, 0) is 13.0 Å². The monoisotopic (exact) mass is 345 g/mol. The number of carbonyl (C=O) groups is 1. The van der Waals surface area contributed by atoms with Crippen LogP contribution >= 0.6 is 0 Å². The zero-order valence-corrected chi connectivity index (χ0v) is 14.0. The molecule has 1 N–H and O–H groups in total. The van der Waals surface area contributed by atoms with Gasteiger partial charge in [-0.15, -0.1) is 6.42 Å². The lowest BCUT2D eigenvalue weighted by Gasteiger charge is -2.27. The first-order chi connectivity index (χ1) is 12.7. The van der Waals surface area contributed by atoms with E-state index in [1.807, 2.05) is 6.07 Å². The predicted molar refractivity (Wildman–Crippen MR) is 96.8 cm³/mol. The summed E-state index contributed by atoms with van der Waals surface area (Å²) in [5.74, 6) is 2.17. The fraction of sp³-hybridized carbons (Fsp3) is 0.143. The number of rotatable bonds is 2. The maximum atomic E-state index is 13.6. The van der Waals surface area contributed by atoms with E-state index < -0.39 is 0 Å². The minimum absolute atomic E-state index is 0.0702. The number of nitrogens with one attached hydrogen (secondary N) is 1. The third-order valence-corrected chi connectivity index (χ3v) is 4.59. The van der Waals surface area contributed by atoms with Crippen LogP contribution in [-0.4, -0.2) is 27.5 Å². The first kappa shape index (κ1) is 16.1. The van der Waals surface area contributed by atoms with Gasteiger partial charge in [0.1, 0.15) is 5.82 Å². The second-order valence-electron chi connectivity index (χ2n) is 6.24. The lowest BCUT2D eigenvalue weighted by Crippen LogP contribution is -2.36. The number of terminal acetylenes is 1. The van der Waals surface area contributed by atoms with Gasteiger partial charge in [-0.2, -0.15) is 5.10 Å². The molecule has 4 nitrogen and oxygen atoms in total. The van der Waals surface area contributed by atoms with Gasteiger partial charge in [0.15, 0.2) is 0 Å². The van der Waals surface area contributed by atoms with Crippen LogP contribution in [0.5, 0.6) is 0 Å². The third-order valence-electron chi connectivity index (χ3n) is 4.59. The Balaban J connectivity index is 1.64. The van der Waals surface area contributed by atoms with E-state index >= 15 is 0 Å². The van der Waals surface area contributed by atoms with E-state index in [2.05, 4.69) is 16.1 Å². The van der Waals surface area contributed by atoms with Gasteiger partial charge in [-0.25, -0.2) is 4.39 Å². The third kappa shape index (κ3) is 2.86. The summed E-state index contributed by atoms with van der Waals surface area (Å²) in [4.78, 5) is 14.6. The molecule has 128 valence electrons. The number of nitrogens with zero attached hydrogens (tertiary/aromatic N) is 2. The highest BCUT2D eigenvalue weighted by molar-refractivity contribution is 5.94. The van der Waals surface area contributed by atoms with Crippen molar-refractivity contribution < 1.29 is 9.18 Å². The van der Waals surface area contributed by atoms with Gasteiger partial charge < -0.3 is 4.90 Å². The summed E-state index contributed by atoms with van der Waals surface area (Å²) in [6.07, 6.45) is 6.10. The number of halogens is 1. The van der Waals surface area contributed by atoms with Gasteiger partial charge >= 0.3 is 0 Å². The summed E-state index contributed by atoms with van der Waals surface area (Å²) >= 11 is 0. The van der Waals surface area contributed by atoms with Gasteiger partial charge in [-0.05, 0) is 30.3 Å². The summed E-state index contributed by atoms with van der Waals surface area (Å²) in [7, 11) is 0. The van der Waals surface area contributed by atoms with Crippen molar-refractivity contribution in [3.8, 4) is 23.6 Å². The molecule has 1 amide bonds. The predicted octanol–water partition coefficient (Wildman–Crippen LogP) is 3.40. The number of fused-ring (bicyclic) bond motifs is 1. The molecule has 1 aliphatic rings. The molecular formula is C21H16FN3O. The SMILES string of the molecule is C#Cc1cccc(C(=O)N2CCc3[nH]nc(-c4cccc(F)c4)c3C2)c1. The van der Waals surface area contributed by atoms with Crippen LogP contribution in [0.1, 0.15) is 27.2 Å². The highest BCUT2D eigenvalue weighted by Crippen LogP contribution is 2.29. The standard InChI is InChI=1S/C21H16FN3O/c1-2-14-5-3-7-16(11-14)21(26)25-10-9-19-18(13-25)20(24-23-19)15-6-4-8-17(22)12-15/h1,3-8,11-12H,9-10,13H2,(H,23,24). The summed E-state index contributed by atoms with van der Waals surface area (Å²) in [6.45, 7) is 1.02. The molecule has 4 rings (SSSR count). The van der Waals surface area contributed by atoms with Gasteiger partial charge in [0, 0.05) is 47.5 Å². The molecule has 2 aromatic carbocycles. The smallest absolute Gasteiger partial charge is 0.254 e. The molecule has 26 heavy (non-hydrogen) atoms. The number of aromatic nitrogens is 2. The molecule has 0 unspecified atom stereocenters. The highest BCUT2D eigenvalue weighted by atomic mass is 19.1. The molecular weight excluding hydrogens is 329 g/mol. The highest BCUT2D eigenvalue weighted by Gasteiger charge is 2.26. The number of aromatic amines is 1. The average molecular weight is 345 g/mol. The lowest BCUT2D eigenvalue weighted by molar-refractivity contribution is 0.0734. The van der Waals surface area contributed by atoms with Crippen molar-refractivity contribution in [2.75, 3.05) is 6.54 Å². The van der Waals surface area contributed by atoms with Crippen LogP contribution in [0, 0.1) is 18.2 Å². The van der Waals surface area contributed by atoms with Gasteiger partial charge in [0.25, 0.3) is 5.91 Å². The number of carbonyl (C=O) groups excluding carboxylic acids is 1. The maximum Gasteiger partial charge on any atom is 0.254 e. The van der Waals surface area contributed by atoms with E-state index in [0.717, 1.165) is 11.3 Å². The quantitative estimate of drug-likeness (QED) is 0.724. The van der Waals surface area contributed by atoms with Gasteiger partial charge in [0.2, 0.25) is 0 Å². The Morgan fingerprint density at radius 1 is 1.23 bits per heavy atom. The molecule has 1 aliphatic heterocycles. The Hall–Kier alpha value is -3.39. The van der Waals surface area contributed by atoms with Crippen LogP contribution < -0.4 is 0 Å². The van der Waals surface area contributed by atoms with Crippen LogP contribution in [0.3, 0.4) is 0 Å². The first-order valence-corrected chi connectivity index (χ1v) is 8.33. The molecule has 0 atom stereocenters. The second-order valence-corrected chi connectivity index (χ2v) is 6.24. The summed E-state index contributed by atoms with van der Waals surface area (Å²) in [6, 6.07) is 13.4. The molecule has 0 radical (unpaired) electrons. The van der Waals surface area contributed by atoms with Crippen molar-refractivity contribution in [3.05, 3.63) is 76.7 Å². The topological polar surface area (TPSA) is 49.0 Å². The van der Waals surface area contributed by atoms with Crippen molar-refractivity contribution >= 4 is 5.91 Å². The number of amides is 1. The van der Waals surface area contributed by atoms with Crippen molar-refractivity contribution in [2.45, 2.75) is 13.0 Å². The summed E-state index contributed by atoms with van der Waals surface area (Å²) in [5.41, 5.74) is 4.56. The Morgan fingerprint density at radius 3 is 2.88 bits per heavy atom. The fourth-order valence-corrected chi connectivity index (χ4v) is 3.27. The van der Waals surface area contributed by atoms with Crippen molar-refractivity contribution in [1.82, 2.24) is 15.1 Å². The minimum Gasteiger partial charge on any atom is -0.334 e. The summed E-state index contributed by atoms with van der Waals surface area (Å²) < 4.78 is 13.6. The molecule has 0 bridgehead atoms. The Morgan fingerprint density at radius 2 is 2.08 bits per heavy atom. The van der Waals surface area contributed by atoms with Crippen molar-refractivity contribution in [2.24, 2.45) is 0 Å². The molecule has 3 aromatic rings. The van der Waals surface area contributed by atoms with Crippen LogP contribution in [0.15, 0.2) is 48.5 Å². The molecule has 0 saturated carbocycles. The minimum atomic E-state index is -0.311. The molecule has 5 heteroatoms. The van der Waals surface area contributed by atoms with Crippen molar-refractivity contribution in [1.29, 1.82) is 0 Å². The van der Waals surface area contributed by atoms with E-state index in [1.165, 1.54) is 12.1 Å². The Bertz CT molecular complexity index is 1030. The Labute approximate surface area is 150 Å². The lowest BCUT2D eigenvalue weighted by atomic mass is 10.00. The number of H-pyrrole nitrogens is 1. The van der Waals surface area contributed by atoms with Crippen LogP contribution in [0.2, 0.25) is 0 Å². The zero-order chi connectivity index (χ0) is 18.1. The van der Waals surface area contributed by atoms with E-state index in [9.17, 15) is 9.18 Å². The van der Waals surface area contributed by atoms with Gasteiger partial charge in [0.05, 0.1) is 5.69 Å². The number of hydrogen-bond donors (Lipinski definition) is 1. The van der Waals surface area contributed by atoms with E-state index in [4.69, 9.17) is 6.42 Å². The molecule has 1 aromatic heterocycles. The molecule has 0 fully saturated rings. The second kappa shape index (κ2) is 6.49. The van der Waals surface area contributed by atoms with Crippen molar-refractivity contribution in [3.63, 3.8) is 0 Å². The average Bonchev–Trinajstić information content (AvgIpc) is 3.10. The van der Waals surface area contributed by atoms with Gasteiger partial charge in [-0.1, -0.05) is 24.1 Å². The Kier molecular flexibility index (Phi) is 4.02.